The first kappa shape index (κ1) is 14.0. The summed E-state index contributed by atoms with van der Waals surface area (Å²) in [5.41, 5.74) is 2.38. The Hall–Kier alpha value is -1.02. The van der Waals surface area contributed by atoms with Crippen LogP contribution >= 0.6 is 24.0 Å². The molecule has 0 spiro atoms. The first-order valence-electron chi connectivity index (χ1n) is 4.58. The number of nitrogens with one attached hydrogen (secondary N) is 1. The molecule has 94 valence electrons. The second-order valence-corrected chi connectivity index (χ2v) is 4.61. The molecule has 1 aromatic heterocycles. The zero-order valence-electron chi connectivity index (χ0n) is 8.62. The first-order valence-corrected chi connectivity index (χ1v) is 5.98. The van der Waals surface area contributed by atoms with Gasteiger partial charge in [0.1, 0.15) is 4.99 Å². The lowest BCUT2D eigenvalue weighted by Crippen LogP contribution is -2.15. The molecule has 1 aromatic rings. The molecule has 0 aromatic carbocycles. The van der Waals surface area contributed by atoms with Crippen molar-refractivity contribution >= 4 is 34.7 Å². The number of nitrogens with two attached hydrogens (primary N) is 1. The van der Waals surface area contributed by atoms with Gasteiger partial charge in [-0.05, 0) is 17.8 Å². The molecule has 0 fully saturated rings. The highest BCUT2D eigenvalue weighted by Crippen LogP contribution is 2.29. The van der Waals surface area contributed by atoms with Crippen LogP contribution in [0.1, 0.15) is 5.56 Å². The number of hydrogen-bond donors (Lipinski definition) is 2. The van der Waals surface area contributed by atoms with E-state index < -0.39 is 5.51 Å². The largest absolute Gasteiger partial charge is 0.441 e. The van der Waals surface area contributed by atoms with Crippen molar-refractivity contribution in [3.8, 4) is 0 Å². The van der Waals surface area contributed by atoms with Crippen LogP contribution in [0.25, 0.3) is 0 Å². The van der Waals surface area contributed by atoms with Gasteiger partial charge in [-0.1, -0.05) is 12.2 Å². The molecule has 0 aliphatic rings. The molecule has 17 heavy (non-hydrogen) atoms. The van der Waals surface area contributed by atoms with Crippen molar-refractivity contribution in [3.63, 3.8) is 0 Å². The van der Waals surface area contributed by atoms with E-state index in [4.69, 9.17) is 18.0 Å². The van der Waals surface area contributed by atoms with Crippen LogP contribution in [0.2, 0.25) is 0 Å². The normalized spacial score (nSPS) is 11.2. The number of thioether (sulfide) groups is 1. The van der Waals surface area contributed by atoms with Crippen molar-refractivity contribution in [2.75, 3.05) is 17.6 Å². The van der Waals surface area contributed by atoms with Crippen LogP contribution in [0.5, 0.6) is 0 Å². The SMILES string of the molecule is NC(=S)c1ccncc1NCCSC(F)(F)F. The third-order valence-corrected chi connectivity index (χ3v) is 2.73. The number of halogens is 3. The minimum Gasteiger partial charge on any atom is -0.389 e. The summed E-state index contributed by atoms with van der Waals surface area (Å²) in [5, 5.41) is 2.82. The summed E-state index contributed by atoms with van der Waals surface area (Å²) in [6.07, 6.45) is 3.00. The monoisotopic (exact) mass is 281 g/mol. The molecule has 0 aliphatic heterocycles. The number of hydrogen-bond acceptors (Lipinski definition) is 4. The second-order valence-electron chi connectivity index (χ2n) is 3.01. The van der Waals surface area contributed by atoms with Gasteiger partial charge in [-0.3, -0.25) is 4.98 Å². The molecule has 8 heteroatoms. The highest BCUT2D eigenvalue weighted by molar-refractivity contribution is 8.00. The van der Waals surface area contributed by atoms with E-state index in [1.807, 2.05) is 0 Å². The topological polar surface area (TPSA) is 50.9 Å². The summed E-state index contributed by atoms with van der Waals surface area (Å²) in [4.78, 5) is 4.03. The zero-order chi connectivity index (χ0) is 12.9. The van der Waals surface area contributed by atoms with Crippen molar-refractivity contribution in [1.82, 2.24) is 4.98 Å². The highest BCUT2D eigenvalue weighted by atomic mass is 32.2. The van der Waals surface area contributed by atoms with Gasteiger partial charge in [0.25, 0.3) is 0 Å². The van der Waals surface area contributed by atoms with Crippen molar-refractivity contribution in [2.24, 2.45) is 5.73 Å². The number of pyridine rings is 1. The number of anilines is 1. The van der Waals surface area contributed by atoms with Crippen LogP contribution in [-0.4, -0.2) is 27.8 Å². The molecule has 0 radical (unpaired) electrons. The summed E-state index contributed by atoms with van der Waals surface area (Å²) < 4.78 is 35.6. The van der Waals surface area contributed by atoms with Gasteiger partial charge in [0.2, 0.25) is 0 Å². The van der Waals surface area contributed by atoms with E-state index in [2.05, 4.69) is 10.3 Å². The molecule has 3 nitrogen and oxygen atoms in total. The minimum atomic E-state index is -4.21. The molecule has 1 heterocycles. The lowest BCUT2D eigenvalue weighted by Gasteiger charge is -2.10. The van der Waals surface area contributed by atoms with Crippen LogP contribution in [-0.2, 0) is 0 Å². The van der Waals surface area contributed by atoms with Crippen molar-refractivity contribution in [2.45, 2.75) is 5.51 Å². The van der Waals surface area contributed by atoms with E-state index in [1.54, 1.807) is 6.07 Å². The molecule has 0 unspecified atom stereocenters. The van der Waals surface area contributed by atoms with Gasteiger partial charge in [-0.15, -0.1) is 0 Å². The van der Waals surface area contributed by atoms with Crippen molar-refractivity contribution in [3.05, 3.63) is 24.0 Å². The fourth-order valence-electron chi connectivity index (χ4n) is 1.10. The summed E-state index contributed by atoms with van der Waals surface area (Å²) in [6, 6.07) is 1.61. The molecule has 0 aliphatic carbocycles. The third-order valence-electron chi connectivity index (χ3n) is 1.77. The van der Waals surface area contributed by atoms with E-state index in [0.29, 0.717) is 11.3 Å². The van der Waals surface area contributed by atoms with E-state index in [1.165, 1.54) is 12.4 Å². The zero-order valence-corrected chi connectivity index (χ0v) is 10.3. The molecule has 3 N–H and O–H groups in total. The predicted octanol–water partition coefficient (Wildman–Crippen LogP) is 2.38. The molecule has 0 atom stereocenters. The average Bonchev–Trinajstić information content (AvgIpc) is 2.23. The van der Waals surface area contributed by atoms with E-state index >= 15 is 0 Å². The molecule has 0 saturated carbocycles. The van der Waals surface area contributed by atoms with Gasteiger partial charge in [0.05, 0.1) is 11.9 Å². The van der Waals surface area contributed by atoms with Crippen LogP contribution in [0, 0.1) is 0 Å². The number of aromatic nitrogens is 1. The van der Waals surface area contributed by atoms with E-state index in [0.717, 1.165) is 0 Å². The Morgan fingerprint density at radius 3 is 2.82 bits per heavy atom. The third kappa shape index (κ3) is 5.22. The Kier molecular flexibility index (Phi) is 5.01. The van der Waals surface area contributed by atoms with E-state index in [-0.39, 0.29) is 29.0 Å². The van der Waals surface area contributed by atoms with Crippen LogP contribution in [0.3, 0.4) is 0 Å². The van der Waals surface area contributed by atoms with Crippen LogP contribution < -0.4 is 11.1 Å². The molecule has 0 bridgehead atoms. The molecule has 0 amide bonds. The van der Waals surface area contributed by atoms with Gasteiger partial charge in [0, 0.05) is 24.1 Å². The Labute approximate surface area is 106 Å². The van der Waals surface area contributed by atoms with Gasteiger partial charge >= 0.3 is 5.51 Å². The number of rotatable bonds is 5. The summed E-state index contributed by atoms with van der Waals surface area (Å²) in [7, 11) is 0. The summed E-state index contributed by atoms with van der Waals surface area (Å²) in [5.74, 6) is -0.0881. The fourth-order valence-corrected chi connectivity index (χ4v) is 1.72. The number of thiocarbonyl (C=S) groups is 1. The molecular weight excluding hydrogens is 271 g/mol. The number of alkyl halides is 3. The van der Waals surface area contributed by atoms with Crippen LogP contribution in [0.4, 0.5) is 18.9 Å². The van der Waals surface area contributed by atoms with Gasteiger partial charge in [0.15, 0.2) is 0 Å². The number of nitrogens with zero attached hydrogens (tertiary/aromatic N) is 1. The second kappa shape index (κ2) is 6.06. The Morgan fingerprint density at radius 1 is 1.53 bits per heavy atom. The predicted molar refractivity (Wildman–Crippen MR) is 67.1 cm³/mol. The average molecular weight is 281 g/mol. The Balaban J connectivity index is 2.49. The molecular formula is C9H10F3N3S2. The minimum absolute atomic E-state index is 0.0799. The van der Waals surface area contributed by atoms with E-state index in [9.17, 15) is 13.2 Å². The standard InChI is InChI=1S/C9H10F3N3S2/c10-9(11,12)17-4-3-15-7-5-14-2-1-6(7)8(13)16/h1-2,5,15H,3-4H2,(H2,13,16). The quantitative estimate of drug-likeness (QED) is 0.641. The Bertz CT molecular complexity index is 395. The van der Waals surface area contributed by atoms with Crippen molar-refractivity contribution in [1.29, 1.82) is 0 Å². The maximum absolute atomic E-state index is 11.9. The summed E-state index contributed by atoms with van der Waals surface area (Å²) in [6.45, 7) is 0.158. The van der Waals surface area contributed by atoms with Gasteiger partial charge < -0.3 is 11.1 Å². The first-order chi connectivity index (χ1) is 7.90. The van der Waals surface area contributed by atoms with Gasteiger partial charge in [-0.2, -0.15) is 13.2 Å². The van der Waals surface area contributed by atoms with Crippen LogP contribution in [0.15, 0.2) is 18.5 Å². The molecule has 0 saturated heterocycles. The highest BCUT2D eigenvalue weighted by Gasteiger charge is 2.27. The lowest BCUT2D eigenvalue weighted by atomic mass is 10.2. The van der Waals surface area contributed by atoms with Crippen molar-refractivity contribution < 1.29 is 13.2 Å². The smallest absolute Gasteiger partial charge is 0.389 e. The Morgan fingerprint density at radius 2 is 2.24 bits per heavy atom. The maximum atomic E-state index is 11.9. The maximum Gasteiger partial charge on any atom is 0.441 e. The molecule has 1 rings (SSSR count). The summed E-state index contributed by atoms with van der Waals surface area (Å²) >= 11 is 4.73. The van der Waals surface area contributed by atoms with Gasteiger partial charge in [-0.25, -0.2) is 0 Å². The lowest BCUT2D eigenvalue weighted by molar-refractivity contribution is -0.0327. The fraction of sp³-hybridized carbons (Fsp3) is 0.333.